The van der Waals surface area contributed by atoms with Crippen LogP contribution < -0.4 is 5.32 Å². The van der Waals surface area contributed by atoms with Crippen LogP contribution in [0.15, 0.2) is 17.7 Å². The minimum Gasteiger partial charge on any atom is -0.365 e. The Morgan fingerprint density at radius 3 is 2.87 bits per heavy atom. The Labute approximate surface area is 99.5 Å². The average molecular weight is 246 g/mol. The van der Waals surface area contributed by atoms with Gasteiger partial charge >= 0.3 is 0 Å². The van der Waals surface area contributed by atoms with Crippen LogP contribution in [0, 0.1) is 0 Å². The molecule has 5 heteroatoms. The fourth-order valence-electron chi connectivity index (χ4n) is 1.08. The lowest BCUT2D eigenvalue weighted by molar-refractivity contribution is 0.835. The zero-order valence-corrected chi connectivity index (χ0v) is 10.1. The standard InChI is InChI=1S/C10H13Cl2N3/c1-3-4-9-14-8(12)5-10(15-9)13-6-7(2)11/h5H,2-4,6H2,1H3,(H,13,14,15). The van der Waals surface area contributed by atoms with E-state index in [0.717, 1.165) is 18.7 Å². The van der Waals surface area contributed by atoms with Gasteiger partial charge < -0.3 is 5.32 Å². The van der Waals surface area contributed by atoms with Gasteiger partial charge in [-0.2, -0.15) is 0 Å². The second-order valence-corrected chi connectivity index (χ2v) is 4.03. The van der Waals surface area contributed by atoms with Gasteiger partial charge in [0.05, 0.1) is 6.54 Å². The average Bonchev–Trinajstić information content (AvgIpc) is 2.14. The highest BCUT2D eigenvalue weighted by Crippen LogP contribution is 2.13. The number of rotatable bonds is 5. The molecule has 15 heavy (non-hydrogen) atoms. The summed E-state index contributed by atoms with van der Waals surface area (Å²) >= 11 is 11.5. The maximum Gasteiger partial charge on any atom is 0.134 e. The molecular weight excluding hydrogens is 233 g/mol. The Balaban J connectivity index is 2.74. The van der Waals surface area contributed by atoms with Crippen molar-refractivity contribution in [1.29, 1.82) is 0 Å². The summed E-state index contributed by atoms with van der Waals surface area (Å²) in [5.41, 5.74) is 0. The quantitative estimate of drug-likeness (QED) is 0.810. The molecule has 0 spiro atoms. The zero-order chi connectivity index (χ0) is 11.3. The Kier molecular flexibility index (Phi) is 4.85. The molecule has 82 valence electrons. The minimum atomic E-state index is 0.441. The first-order valence-electron chi connectivity index (χ1n) is 4.72. The van der Waals surface area contributed by atoms with E-state index in [9.17, 15) is 0 Å². The predicted molar refractivity (Wildman–Crippen MR) is 64.5 cm³/mol. The predicted octanol–water partition coefficient (Wildman–Crippen LogP) is 3.25. The fraction of sp³-hybridized carbons (Fsp3) is 0.400. The van der Waals surface area contributed by atoms with Crippen LogP contribution in [0.1, 0.15) is 19.2 Å². The first-order valence-corrected chi connectivity index (χ1v) is 5.48. The highest BCUT2D eigenvalue weighted by molar-refractivity contribution is 6.30. The Morgan fingerprint density at radius 1 is 1.53 bits per heavy atom. The van der Waals surface area contributed by atoms with Crippen molar-refractivity contribution in [1.82, 2.24) is 9.97 Å². The van der Waals surface area contributed by atoms with E-state index < -0.39 is 0 Å². The van der Waals surface area contributed by atoms with Crippen molar-refractivity contribution in [3.05, 3.63) is 28.7 Å². The summed E-state index contributed by atoms with van der Waals surface area (Å²) < 4.78 is 0. The van der Waals surface area contributed by atoms with E-state index in [1.54, 1.807) is 6.07 Å². The van der Waals surface area contributed by atoms with Crippen molar-refractivity contribution in [2.45, 2.75) is 19.8 Å². The van der Waals surface area contributed by atoms with Crippen molar-refractivity contribution >= 4 is 29.0 Å². The molecular formula is C10H13Cl2N3. The van der Waals surface area contributed by atoms with Gasteiger partial charge in [0.2, 0.25) is 0 Å². The normalized spacial score (nSPS) is 10.1. The highest BCUT2D eigenvalue weighted by Gasteiger charge is 2.02. The molecule has 1 aromatic rings. The summed E-state index contributed by atoms with van der Waals surface area (Å²) in [4.78, 5) is 8.40. The Bertz CT molecular complexity index is 353. The van der Waals surface area contributed by atoms with Crippen molar-refractivity contribution in [2.24, 2.45) is 0 Å². The summed E-state index contributed by atoms with van der Waals surface area (Å²) in [5, 5.41) is 3.99. The largest absolute Gasteiger partial charge is 0.365 e. The molecule has 1 N–H and O–H groups in total. The van der Waals surface area contributed by atoms with Crippen LogP contribution in [0.25, 0.3) is 0 Å². The van der Waals surface area contributed by atoms with E-state index in [2.05, 4.69) is 28.8 Å². The Hall–Kier alpha value is -0.800. The molecule has 1 aromatic heterocycles. The van der Waals surface area contributed by atoms with Crippen molar-refractivity contribution in [3.63, 3.8) is 0 Å². The van der Waals surface area contributed by atoms with E-state index in [4.69, 9.17) is 23.2 Å². The van der Waals surface area contributed by atoms with Crippen LogP contribution in [0.3, 0.4) is 0 Å². The highest BCUT2D eigenvalue weighted by atomic mass is 35.5. The smallest absolute Gasteiger partial charge is 0.134 e. The number of hydrogen-bond acceptors (Lipinski definition) is 3. The summed E-state index contributed by atoms with van der Waals surface area (Å²) in [6.45, 7) is 6.12. The lowest BCUT2D eigenvalue weighted by Crippen LogP contribution is -2.05. The second kappa shape index (κ2) is 5.93. The maximum absolute atomic E-state index is 5.85. The number of halogens is 2. The monoisotopic (exact) mass is 245 g/mol. The summed E-state index contributed by atoms with van der Waals surface area (Å²) in [6, 6.07) is 1.67. The lowest BCUT2D eigenvalue weighted by Gasteiger charge is -2.06. The van der Waals surface area contributed by atoms with Gasteiger partial charge in [-0.1, -0.05) is 36.7 Å². The summed E-state index contributed by atoms with van der Waals surface area (Å²) in [6.07, 6.45) is 1.80. The van der Waals surface area contributed by atoms with Crippen LogP contribution in [0.4, 0.5) is 5.82 Å². The number of nitrogens with one attached hydrogen (secondary N) is 1. The molecule has 0 bridgehead atoms. The number of anilines is 1. The molecule has 0 aliphatic rings. The van der Waals surface area contributed by atoms with E-state index in [0.29, 0.717) is 22.5 Å². The third-order valence-electron chi connectivity index (χ3n) is 1.68. The van der Waals surface area contributed by atoms with Gasteiger partial charge in [0.1, 0.15) is 16.8 Å². The van der Waals surface area contributed by atoms with Gasteiger partial charge in [0, 0.05) is 17.5 Å². The molecule has 0 amide bonds. The molecule has 1 rings (SSSR count). The molecule has 3 nitrogen and oxygen atoms in total. The van der Waals surface area contributed by atoms with E-state index >= 15 is 0 Å². The van der Waals surface area contributed by atoms with E-state index in [1.165, 1.54) is 0 Å². The van der Waals surface area contributed by atoms with Gasteiger partial charge in [-0.15, -0.1) is 0 Å². The SMILES string of the molecule is C=C(Cl)CNc1cc(Cl)nc(CCC)n1. The first-order chi connectivity index (χ1) is 7.11. The molecule has 0 unspecified atom stereocenters. The van der Waals surface area contributed by atoms with Crippen LogP contribution >= 0.6 is 23.2 Å². The molecule has 0 saturated carbocycles. The molecule has 0 fully saturated rings. The van der Waals surface area contributed by atoms with E-state index in [-0.39, 0.29) is 0 Å². The zero-order valence-electron chi connectivity index (χ0n) is 8.56. The van der Waals surface area contributed by atoms with Crippen LogP contribution in [0.5, 0.6) is 0 Å². The van der Waals surface area contributed by atoms with Gasteiger partial charge in [0.25, 0.3) is 0 Å². The third kappa shape index (κ3) is 4.49. The summed E-state index contributed by atoms with van der Waals surface area (Å²) in [5.74, 6) is 1.42. The molecule has 1 heterocycles. The van der Waals surface area contributed by atoms with E-state index in [1.807, 2.05) is 0 Å². The number of aryl methyl sites for hydroxylation is 1. The molecule has 0 radical (unpaired) electrons. The summed E-state index contributed by atoms with van der Waals surface area (Å²) in [7, 11) is 0. The third-order valence-corrected chi connectivity index (χ3v) is 2.00. The lowest BCUT2D eigenvalue weighted by atomic mass is 10.3. The molecule has 0 aliphatic carbocycles. The van der Waals surface area contributed by atoms with Crippen LogP contribution in [-0.2, 0) is 6.42 Å². The molecule has 0 atom stereocenters. The first kappa shape index (κ1) is 12.3. The van der Waals surface area contributed by atoms with Crippen molar-refractivity contribution in [2.75, 3.05) is 11.9 Å². The number of nitrogens with zero attached hydrogens (tertiary/aromatic N) is 2. The number of aromatic nitrogens is 2. The molecule has 0 aliphatic heterocycles. The maximum atomic E-state index is 5.85. The topological polar surface area (TPSA) is 37.8 Å². The second-order valence-electron chi connectivity index (χ2n) is 3.11. The molecule has 0 aromatic carbocycles. The van der Waals surface area contributed by atoms with Crippen LogP contribution in [0.2, 0.25) is 5.15 Å². The van der Waals surface area contributed by atoms with Crippen molar-refractivity contribution in [3.8, 4) is 0 Å². The Morgan fingerprint density at radius 2 is 2.27 bits per heavy atom. The number of hydrogen-bond donors (Lipinski definition) is 1. The minimum absolute atomic E-state index is 0.441. The van der Waals surface area contributed by atoms with Crippen LogP contribution in [-0.4, -0.2) is 16.5 Å². The van der Waals surface area contributed by atoms with Gasteiger partial charge in [0.15, 0.2) is 0 Å². The van der Waals surface area contributed by atoms with Gasteiger partial charge in [-0.25, -0.2) is 9.97 Å². The molecule has 0 saturated heterocycles. The van der Waals surface area contributed by atoms with Crippen molar-refractivity contribution < 1.29 is 0 Å². The van der Waals surface area contributed by atoms with Gasteiger partial charge in [-0.05, 0) is 6.42 Å². The van der Waals surface area contributed by atoms with Gasteiger partial charge in [-0.3, -0.25) is 0 Å². The fourth-order valence-corrected chi connectivity index (χ4v) is 1.34.